The molecule has 0 bridgehead atoms. The third kappa shape index (κ3) is 3.26. The Bertz CT molecular complexity index is 684. The first-order valence-corrected chi connectivity index (χ1v) is 7.16. The largest absolute Gasteiger partial charge is 0.465 e. The molecule has 0 aliphatic heterocycles. The first-order valence-electron chi connectivity index (χ1n) is 7.16. The molecule has 2 aromatic rings. The quantitative estimate of drug-likeness (QED) is 0.856. The second-order valence-electron chi connectivity index (χ2n) is 5.16. The normalized spacial score (nSPS) is 10.3. The molecule has 0 aliphatic rings. The number of hydrogen-bond acceptors (Lipinski definition) is 3. The van der Waals surface area contributed by atoms with Crippen LogP contribution in [0, 0.1) is 0 Å². The number of allylic oxidation sites excluding steroid dienone is 1. The van der Waals surface area contributed by atoms with Gasteiger partial charge in [0.05, 0.1) is 12.7 Å². The molecule has 2 aromatic carbocycles. The van der Waals surface area contributed by atoms with E-state index < -0.39 is 0 Å². The van der Waals surface area contributed by atoms with E-state index in [0.717, 1.165) is 27.8 Å². The number of rotatable bonds is 5. The van der Waals surface area contributed by atoms with Crippen molar-refractivity contribution in [2.75, 3.05) is 13.7 Å². The van der Waals surface area contributed by atoms with Gasteiger partial charge in [-0.3, -0.25) is 0 Å². The van der Waals surface area contributed by atoms with Gasteiger partial charge in [0.25, 0.3) is 0 Å². The van der Waals surface area contributed by atoms with Crippen LogP contribution in [0.3, 0.4) is 0 Å². The van der Waals surface area contributed by atoms with Crippen LogP contribution in [0.2, 0.25) is 0 Å². The predicted molar refractivity (Wildman–Crippen MR) is 88.7 cm³/mol. The summed E-state index contributed by atoms with van der Waals surface area (Å²) in [6.45, 7) is 5.87. The van der Waals surface area contributed by atoms with Crippen LogP contribution in [0.4, 0.5) is 0 Å². The molecule has 0 aromatic heterocycles. The molecule has 0 spiro atoms. The minimum Gasteiger partial charge on any atom is -0.465 e. The van der Waals surface area contributed by atoms with E-state index in [1.54, 1.807) is 0 Å². The fraction of sp³-hybridized carbons (Fsp3) is 0.211. The number of ether oxygens (including phenoxy) is 1. The molecule has 0 saturated heterocycles. The molecular formula is C19H20O3. The maximum atomic E-state index is 12.2. The van der Waals surface area contributed by atoms with Crippen molar-refractivity contribution in [2.45, 2.75) is 13.3 Å². The molecule has 0 atom stereocenters. The Balaban J connectivity index is 2.56. The monoisotopic (exact) mass is 296 g/mol. The van der Waals surface area contributed by atoms with Gasteiger partial charge in [-0.15, -0.1) is 0 Å². The fourth-order valence-corrected chi connectivity index (χ4v) is 2.45. The summed E-state index contributed by atoms with van der Waals surface area (Å²) in [4.78, 5) is 12.2. The zero-order valence-corrected chi connectivity index (χ0v) is 12.9. The Labute approximate surface area is 130 Å². The highest BCUT2D eigenvalue weighted by Crippen LogP contribution is 2.28. The van der Waals surface area contributed by atoms with Crippen molar-refractivity contribution in [1.29, 1.82) is 0 Å². The van der Waals surface area contributed by atoms with Crippen LogP contribution < -0.4 is 0 Å². The third-order valence-corrected chi connectivity index (χ3v) is 3.61. The molecule has 0 radical (unpaired) electrons. The van der Waals surface area contributed by atoms with Gasteiger partial charge in [0, 0.05) is 6.61 Å². The maximum Gasteiger partial charge on any atom is 0.338 e. The van der Waals surface area contributed by atoms with Crippen LogP contribution in [0.1, 0.15) is 28.4 Å². The molecule has 22 heavy (non-hydrogen) atoms. The van der Waals surface area contributed by atoms with Crippen molar-refractivity contribution in [2.24, 2.45) is 0 Å². The lowest BCUT2D eigenvalue weighted by atomic mass is 9.93. The van der Waals surface area contributed by atoms with Gasteiger partial charge in [-0.25, -0.2) is 4.79 Å². The third-order valence-electron chi connectivity index (χ3n) is 3.61. The lowest BCUT2D eigenvalue weighted by Crippen LogP contribution is -2.09. The summed E-state index contributed by atoms with van der Waals surface area (Å²) in [5, 5.41) is 9.20. The van der Waals surface area contributed by atoms with Gasteiger partial charge in [0.2, 0.25) is 0 Å². The minimum absolute atomic E-state index is 0.0119. The van der Waals surface area contributed by atoms with Gasteiger partial charge in [-0.1, -0.05) is 54.6 Å². The Morgan fingerprint density at radius 1 is 1.18 bits per heavy atom. The number of aliphatic hydroxyl groups is 1. The summed E-state index contributed by atoms with van der Waals surface area (Å²) in [7, 11) is 1.37. The highest BCUT2D eigenvalue weighted by Gasteiger charge is 2.17. The molecule has 0 aliphatic carbocycles. The standard InChI is InChI=1S/C19H20O3/c1-13(2)14-7-9-15(10-8-14)17-6-4-5-16(11-12-20)18(17)19(21)22-3/h4-10,20H,1,11-12H2,2-3H3. The van der Waals surface area contributed by atoms with E-state index >= 15 is 0 Å². The van der Waals surface area contributed by atoms with Gasteiger partial charge in [-0.05, 0) is 35.6 Å². The maximum absolute atomic E-state index is 12.2. The second-order valence-corrected chi connectivity index (χ2v) is 5.16. The molecule has 3 heteroatoms. The van der Waals surface area contributed by atoms with E-state index in [1.807, 2.05) is 49.4 Å². The number of carbonyl (C=O) groups is 1. The van der Waals surface area contributed by atoms with Crippen LogP contribution in [0.25, 0.3) is 16.7 Å². The highest BCUT2D eigenvalue weighted by molar-refractivity contribution is 5.99. The van der Waals surface area contributed by atoms with Crippen molar-refractivity contribution < 1.29 is 14.6 Å². The molecule has 114 valence electrons. The number of esters is 1. The molecule has 0 heterocycles. The van der Waals surface area contributed by atoms with Crippen molar-refractivity contribution in [1.82, 2.24) is 0 Å². The van der Waals surface area contributed by atoms with Crippen molar-refractivity contribution in [3.63, 3.8) is 0 Å². The van der Waals surface area contributed by atoms with Crippen LogP contribution in [0.15, 0.2) is 49.0 Å². The SMILES string of the molecule is C=C(C)c1ccc(-c2cccc(CCO)c2C(=O)OC)cc1. The molecule has 0 unspecified atom stereocenters. The number of hydrogen-bond donors (Lipinski definition) is 1. The summed E-state index contributed by atoms with van der Waals surface area (Å²) in [6, 6.07) is 13.5. The fourth-order valence-electron chi connectivity index (χ4n) is 2.45. The van der Waals surface area contributed by atoms with Gasteiger partial charge in [0.1, 0.15) is 0 Å². The average Bonchev–Trinajstić information content (AvgIpc) is 2.54. The number of benzene rings is 2. The van der Waals surface area contributed by atoms with Crippen molar-refractivity contribution in [3.05, 3.63) is 65.7 Å². The van der Waals surface area contributed by atoms with E-state index in [-0.39, 0.29) is 12.6 Å². The number of carbonyl (C=O) groups excluding carboxylic acids is 1. The Kier molecular flexibility index (Phi) is 5.12. The van der Waals surface area contributed by atoms with E-state index in [4.69, 9.17) is 4.74 Å². The lowest BCUT2D eigenvalue weighted by molar-refractivity contribution is 0.0600. The average molecular weight is 296 g/mol. The predicted octanol–water partition coefficient (Wildman–Crippen LogP) is 3.71. The smallest absolute Gasteiger partial charge is 0.338 e. The molecular weight excluding hydrogens is 276 g/mol. The Hall–Kier alpha value is -2.39. The van der Waals surface area contributed by atoms with Crippen LogP contribution in [-0.2, 0) is 11.2 Å². The van der Waals surface area contributed by atoms with Crippen molar-refractivity contribution >= 4 is 11.5 Å². The summed E-state index contributed by atoms with van der Waals surface area (Å²) < 4.78 is 4.91. The topological polar surface area (TPSA) is 46.5 Å². The van der Waals surface area contributed by atoms with Gasteiger partial charge >= 0.3 is 5.97 Å². The first-order chi connectivity index (χ1) is 10.6. The van der Waals surface area contributed by atoms with E-state index in [0.29, 0.717) is 12.0 Å². The van der Waals surface area contributed by atoms with Crippen LogP contribution in [-0.4, -0.2) is 24.8 Å². The molecule has 3 nitrogen and oxygen atoms in total. The summed E-state index contributed by atoms with van der Waals surface area (Å²) in [5.41, 5.74) is 5.11. The van der Waals surface area contributed by atoms with Gasteiger partial charge < -0.3 is 9.84 Å². The molecule has 0 fully saturated rings. The zero-order chi connectivity index (χ0) is 16.1. The first kappa shape index (κ1) is 16.0. The molecule has 0 amide bonds. The molecule has 0 saturated carbocycles. The van der Waals surface area contributed by atoms with Crippen molar-refractivity contribution in [3.8, 4) is 11.1 Å². The van der Waals surface area contributed by atoms with E-state index in [9.17, 15) is 9.90 Å². The van der Waals surface area contributed by atoms with Gasteiger partial charge in [-0.2, -0.15) is 0 Å². The lowest BCUT2D eigenvalue weighted by Gasteiger charge is -2.13. The summed E-state index contributed by atoms with van der Waals surface area (Å²) in [5.74, 6) is -0.386. The summed E-state index contributed by atoms with van der Waals surface area (Å²) in [6.07, 6.45) is 0.419. The zero-order valence-electron chi connectivity index (χ0n) is 12.9. The summed E-state index contributed by atoms with van der Waals surface area (Å²) >= 11 is 0. The minimum atomic E-state index is -0.386. The highest BCUT2D eigenvalue weighted by atomic mass is 16.5. The Morgan fingerprint density at radius 3 is 2.41 bits per heavy atom. The second kappa shape index (κ2) is 7.05. The Morgan fingerprint density at radius 2 is 1.86 bits per heavy atom. The van der Waals surface area contributed by atoms with Crippen LogP contribution >= 0.6 is 0 Å². The van der Waals surface area contributed by atoms with E-state index in [1.165, 1.54) is 7.11 Å². The molecule has 2 rings (SSSR count). The van der Waals surface area contributed by atoms with Gasteiger partial charge in [0.15, 0.2) is 0 Å². The number of methoxy groups -OCH3 is 1. The number of aliphatic hydroxyl groups excluding tert-OH is 1. The molecule has 1 N–H and O–H groups in total. The van der Waals surface area contributed by atoms with Crippen LogP contribution in [0.5, 0.6) is 0 Å². The van der Waals surface area contributed by atoms with E-state index in [2.05, 4.69) is 6.58 Å².